The lowest BCUT2D eigenvalue weighted by Crippen LogP contribution is -2.18. The highest BCUT2D eigenvalue weighted by Gasteiger charge is 2.24. The van der Waals surface area contributed by atoms with Crippen molar-refractivity contribution in [1.29, 1.82) is 0 Å². The highest BCUT2D eigenvalue weighted by atomic mass is 14.3. The van der Waals surface area contributed by atoms with Gasteiger partial charge in [-0.05, 0) is 49.9 Å². The van der Waals surface area contributed by atoms with E-state index in [2.05, 4.69) is 13.5 Å². The van der Waals surface area contributed by atoms with E-state index in [0.717, 1.165) is 17.8 Å². The molecule has 0 bridgehead atoms. The zero-order valence-corrected chi connectivity index (χ0v) is 11.0. The van der Waals surface area contributed by atoms with E-state index in [4.69, 9.17) is 0 Å². The van der Waals surface area contributed by atoms with Gasteiger partial charge in [0.15, 0.2) is 0 Å². The van der Waals surface area contributed by atoms with Crippen LogP contribution in [0, 0.1) is 17.8 Å². The molecule has 92 valence electrons. The normalized spacial score (nSPS) is 32.9. The summed E-state index contributed by atoms with van der Waals surface area (Å²) in [5.41, 5.74) is 1.51. The molecule has 0 spiro atoms. The Labute approximate surface area is 102 Å². The van der Waals surface area contributed by atoms with Gasteiger partial charge in [-0.25, -0.2) is 0 Å². The summed E-state index contributed by atoms with van der Waals surface area (Å²) < 4.78 is 0. The fourth-order valence-corrected chi connectivity index (χ4v) is 3.67. The first kappa shape index (κ1) is 12.2. The molecule has 2 rings (SSSR count). The van der Waals surface area contributed by atoms with Crippen LogP contribution in [0.2, 0.25) is 0 Å². The first-order chi connectivity index (χ1) is 7.78. The molecule has 16 heavy (non-hydrogen) atoms. The van der Waals surface area contributed by atoms with Gasteiger partial charge in [0.2, 0.25) is 0 Å². The van der Waals surface area contributed by atoms with Crippen molar-refractivity contribution < 1.29 is 0 Å². The Bertz CT molecular complexity index is 210. The lowest BCUT2D eigenvalue weighted by molar-refractivity contribution is 0.217. The highest BCUT2D eigenvalue weighted by Crippen LogP contribution is 2.38. The summed E-state index contributed by atoms with van der Waals surface area (Å²) in [7, 11) is 0. The number of hydrogen-bond donors (Lipinski definition) is 0. The Morgan fingerprint density at radius 3 is 1.94 bits per heavy atom. The molecule has 0 aromatic rings. The van der Waals surface area contributed by atoms with Crippen molar-refractivity contribution in [1.82, 2.24) is 0 Å². The van der Waals surface area contributed by atoms with E-state index < -0.39 is 0 Å². The van der Waals surface area contributed by atoms with Gasteiger partial charge in [-0.3, -0.25) is 0 Å². The first-order valence-electron chi connectivity index (χ1n) is 7.44. The molecule has 0 amide bonds. The molecule has 2 aliphatic carbocycles. The third-order valence-corrected chi connectivity index (χ3v) is 5.02. The SMILES string of the molecule is C=C1CCC(CC2CCC(CC)CC2)CC1. The number of allylic oxidation sites excluding steroid dienone is 1. The molecule has 0 atom stereocenters. The van der Waals surface area contributed by atoms with Crippen molar-refractivity contribution in [3.63, 3.8) is 0 Å². The van der Waals surface area contributed by atoms with Crippen LogP contribution in [0.1, 0.15) is 71.1 Å². The van der Waals surface area contributed by atoms with Crippen LogP contribution < -0.4 is 0 Å². The molecule has 0 N–H and O–H groups in total. The zero-order chi connectivity index (χ0) is 11.4. The van der Waals surface area contributed by atoms with Crippen molar-refractivity contribution in [2.24, 2.45) is 17.8 Å². The van der Waals surface area contributed by atoms with Gasteiger partial charge in [0, 0.05) is 0 Å². The lowest BCUT2D eigenvalue weighted by Gasteiger charge is -2.32. The molecule has 2 aliphatic rings. The maximum Gasteiger partial charge on any atom is -0.0320 e. The fraction of sp³-hybridized carbons (Fsp3) is 0.875. The molecule has 0 nitrogen and oxygen atoms in total. The summed E-state index contributed by atoms with van der Waals surface area (Å²) in [5, 5.41) is 0. The maximum atomic E-state index is 4.12. The second kappa shape index (κ2) is 5.89. The minimum Gasteiger partial charge on any atom is -0.0999 e. The predicted octanol–water partition coefficient (Wildman–Crippen LogP) is 5.34. The largest absolute Gasteiger partial charge is 0.0999 e. The van der Waals surface area contributed by atoms with Crippen LogP contribution >= 0.6 is 0 Å². The van der Waals surface area contributed by atoms with E-state index in [1.807, 2.05) is 0 Å². The lowest BCUT2D eigenvalue weighted by atomic mass is 9.74. The van der Waals surface area contributed by atoms with Crippen LogP contribution in [0.25, 0.3) is 0 Å². The smallest absolute Gasteiger partial charge is 0.0320 e. The molecular formula is C16H28. The monoisotopic (exact) mass is 220 g/mol. The van der Waals surface area contributed by atoms with Gasteiger partial charge >= 0.3 is 0 Å². The van der Waals surface area contributed by atoms with Gasteiger partial charge in [-0.2, -0.15) is 0 Å². The minimum atomic E-state index is 1.04. The Hall–Kier alpha value is -0.260. The molecule has 2 saturated carbocycles. The van der Waals surface area contributed by atoms with Crippen molar-refractivity contribution in [3.8, 4) is 0 Å². The van der Waals surface area contributed by atoms with Crippen molar-refractivity contribution in [2.45, 2.75) is 71.1 Å². The molecule has 0 unspecified atom stereocenters. The topological polar surface area (TPSA) is 0 Å². The van der Waals surface area contributed by atoms with E-state index in [1.165, 1.54) is 69.8 Å². The zero-order valence-electron chi connectivity index (χ0n) is 11.0. The van der Waals surface area contributed by atoms with Gasteiger partial charge in [-0.15, -0.1) is 0 Å². The van der Waals surface area contributed by atoms with E-state index in [1.54, 1.807) is 0 Å². The van der Waals surface area contributed by atoms with Gasteiger partial charge < -0.3 is 0 Å². The molecule has 0 saturated heterocycles. The third kappa shape index (κ3) is 3.37. The summed E-state index contributed by atoms with van der Waals surface area (Å²) in [6.45, 7) is 6.48. The highest BCUT2D eigenvalue weighted by molar-refractivity contribution is 4.98. The maximum absolute atomic E-state index is 4.12. The van der Waals surface area contributed by atoms with Crippen molar-refractivity contribution >= 4 is 0 Å². The average molecular weight is 220 g/mol. The number of hydrogen-bond acceptors (Lipinski definition) is 0. The van der Waals surface area contributed by atoms with E-state index in [-0.39, 0.29) is 0 Å². The molecule has 0 aliphatic heterocycles. The molecule has 2 fully saturated rings. The van der Waals surface area contributed by atoms with Crippen LogP contribution in [-0.4, -0.2) is 0 Å². The minimum absolute atomic E-state index is 1.04. The molecule has 0 aromatic carbocycles. The Balaban J connectivity index is 1.68. The quantitative estimate of drug-likeness (QED) is 0.563. The van der Waals surface area contributed by atoms with Crippen LogP contribution in [0.4, 0.5) is 0 Å². The Morgan fingerprint density at radius 1 is 0.875 bits per heavy atom. The molecule has 0 aromatic heterocycles. The summed E-state index contributed by atoms with van der Waals surface area (Å²) in [4.78, 5) is 0. The van der Waals surface area contributed by atoms with Gasteiger partial charge in [-0.1, -0.05) is 51.2 Å². The van der Waals surface area contributed by atoms with E-state index in [0.29, 0.717) is 0 Å². The second-order valence-electron chi connectivity index (χ2n) is 6.22. The second-order valence-corrected chi connectivity index (χ2v) is 6.22. The molecule has 0 radical (unpaired) electrons. The van der Waals surface area contributed by atoms with Crippen LogP contribution in [0.5, 0.6) is 0 Å². The molecular weight excluding hydrogens is 192 g/mol. The summed E-state index contributed by atoms with van der Waals surface area (Å²) in [5.74, 6) is 3.16. The standard InChI is InChI=1S/C16H28/c1-3-14-8-10-16(11-9-14)12-15-6-4-13(2)5-7-15/h14-16H,2-12H2,1H3. The molecule has 0 heterocycles. The summed E-state index contributed by atoms with van der Waals surface area (Å²) >= 11 is 0. The average Bonchev–Trinajstić information content (AvgIpc) is 2.33. The van der Waals surface area contributed by atoms with Crippen LogP contribution in [-0.2, 0) is 0 Å². The van der Waals surface area contributed by atoms with Crippen LogP contribution in [0.15, 0.2) is 12.2 Å². The third-order valence-electron chi connectivity index (χ3n) is 5.02. The van der Waals surface area contributed by atoms with E-state index >= 15 is 0 Å². The van der Waals surface area contributed by atoms with Gasteiger partial charge in [0.25, 0.3) is 0 Å². The number of rotatable bonds is 3. The summed E-state index contributed by atoms with van der Waals surface area (Å²) in [6.07, 6.45) is 14.5. The van der Waals surface area contributed by atoms with Crippen molar-refractivity contribution in [2.75, 3.05) is 0 Å². The Kier molecular flexibility index (Phi) is 4.49. The van der Waals surface area contributed by atoms with E-state index in [9.17, 15) is 0 Å². The Morgan fingerprint density at radius 2 is 1.38 bits per heavy atom. The molecule has 0 heteroatoms. The first-order valence-corrected chi connectivity index (χ1v) is 7.44. The summed E-state index contributed by atoms with van der Waals surface area (Å²) in [6, 6.07) is 0. The van der Waals surface area contributed by atoms with Gasteiger partial charge in [0.1, 0.15) is 0 Å². The van der Waals surface area contributed by atoms with Crippen LogP contribution in [0.3, 0.4) is 0 Å². The fourth-order valence-electron chi connectivity index (χ4n) is 3.67. The van der Waals surface area contributed by atoms with Crippen molar-refractivity contribution in [3.05, 3.63) is 12.2 Å². The predicted molar refractivity (Wildman–Crippen MR) is 71.5 cm³/mol. The van der Waals surface area contributed by atoms with Gasteiger partial charge in [0.05, 0.1) is 0 Å².